The molecule has 35 heavy (non-hydrogen) atoms. The average Bonchev–Trinajstić information content (AvgIpc) is 3.23. The highest BCUT2D eigenvalue weighted by atomic mass is 16.3. The van der Waals surface area contributed by atoms with E-state index in [9.17, 15) is 5.11 Å². The van der Waals surface area contributed by atoms with E-state index in [4.69, 9.17) is 0 Å². The van der Waals surface area contributed by atoms with Gasteiger partial charge in [0.1, 0.15) is 0 Å². The fourth-order valence-corrected chi connectivity index (χ4v) is 9.36. The van der Waals surface area contributed by atoms with E-state index in [2.05, 4.69) is 87.5 Å². The molecule has 2 aromatic rings. The first kappa shape index (κ1) is 23.3. The first-order valence-electron chi connectivity index (χ1n) is 14.1. The highest BCUT2D eigenvalue weighted by Crippen LogP contribution is 2.67. The zero-order valence-electron chi connectivity index (χ0n) is 21.8. The number of fused-ring (bicyclic) bond motifs is 5. The van der Waals surface area contributed by atoms with Crippen LogP contribution in [0.2, 0.25) is 0 Å². The van der Waals surface area contributed by atoms with Crippen LogP contribution in [0.3, 0.4) is 0 Å². The quantitative estimate of drug-likeness (QED) is 0.450. The van der Waals surface area contributed by atoms with E-state index in [0.29, 0.717) is 16.7 Å². The molecule has 0 unspecified atom stereocenters. The molecule has 3 fully saturated rings. The topological polar surface area (TPSA) is 20.2 Å². The van der Waals surface area contributed by atoms with Gasteiger partial charge in [-0.15, -0.1) is 0 Å². The highest BCUT2D eigenvalue weighted by Gasteiger charge is 2.58. The van der Waals surface area contributed by atoms with Gasteiger partial charge in [-0.05, 0) is 109 Å². The first-order valence-corrected chi connectivity index (χ1v) is 14.1. The number of allylic oxidation sites excluding steroid dienone is 2. The molecule has 3 saturated carbocycles. The maximum Gasteiger partial charge on any atom is 0.0577 e. The fraction of sp³-hybridized carbons (Fsp3) is 0.529. The van der Waals surface area contributed by atoms with Crippen molar-refractivity contribution < 1.29 is 5.11 Å². The third-order valence-corrected chi connectivity index (χ3v) is 11.1. The number of benzene rings is 2. The van der Waals surface area contributed by atoms with E-state index < -0.39 is 0 Å². The minimum atomic E-state index is -0.113. The molecule has 4 aliphatic rings. The molecule has 4 aliphatic carbocycles. The SMILES string of the molecule is CC(=C(c1ccccc1)c1ccccc1)[C@@H]1CC[C@@H]2[C@H]3CC=C4C[C@@H](O)CC[C@]4(C)[C@@H]3CC[C@@]21C. The van der Waals surface area contributed by atoms with Gasteiger partial charge in [0.05, 0.1) is 6.10 Å². The van der Waals surface area contributed by atoms with E-state index in [1.165, 1.54) is 55.2 Å². The number of aliphatic hydroxyl groups excluding tert-OH is 1. The Labute approximate surface area is 212 Å². The maximum absolute atomic E-state index is 10.3. The van der Waals surface area contributed by atoms with Crippen molar-refractivity contribution in [1.82, 2.24) is 0 Å². The Kier molecular flexibility index (Phi) is 5.83. The van der Waals surface area contributed by atoms with Gasteiger partial charge >= 0.3 is 0 Å². The molecule has 2 aromatic carbocycles. The second-order valence-corrected chi connectivity index (χ2v) is 12.6. The van der Waals surface area contributed by atoms with Gasteiger partial charge in [0.15, 0.2) is 0 Å². The van der Waals surface area contributed by atoms with Gasteiger partial charge in [-0.3, -0.25) is 0 Å². The van der Waals surface area contributed by atoms with Crippen molar-refractivity contribution in [2.45, 2.75) is 78.2 Å². The normalized spacial score (nSPS) is 38.1. The molecule has 0 amide bonds. The molecular formula is C34H42O. The average molecular weight is 467 g/mol. The van der Waals surface area contributed by atoms with Gasteiger partial charge in [-0.25, -0.2) is 0 Å². The summed E-state index contributed by atoms with van der Waals surface area (Å²) in [5, 5.41) is 10.3. The van der Waals surface area contributed by atoms with Crippen LogP contribution in [-0.4, -0.2) is 11.2 Å². The number of hydrogen-bond acceptors (Lipinski definition) is 1. The lowest BCUT2D eigenvalue weighted by atomic mass is 9.47. The van der Waals surface area contributed by atoms with Crippen LogP contribution in [0.15, 0.2) is 77.9 Å². The van der Waals surface area contributed by atoms with Gasteiger partial charge in [-0.1, -0.05) is 91.7 Å². The lowest BCUT2D eigenvalue weighted by Crippen LogP contribution is -2.50. The summed E-state index contributed by atoms with van der Waals surface area (Å²) in [4.78, 5) is 0. The largest absolute Gasteiger partial charge is 0.393 e. The van der Waals surface area contributed by atoms with Gasteiger partial charge < -0.3 is 5.11 Å². The zero-order chi connectivity index (χ0) is 24.2. The van der Waals surface area contributed by atoms with Crippen LogP contribution >= 0.6 is 0 Å². The molecular weight excluding hydrogens is 424 g/mol. The Bertz CT molecular complexity index is 1090. The maximum atomic E-state index is 10.3. The molecule has 1 heteroatoms. The second-order valence-electron chi connectivity index (χ2n) is 12.6. The molecule has 6 rings (SSSR count). The van der Waals surface area contributed by atoms with Crippen molar-refractivity contribution in [1.29, 1.82) is 0 Å². The summed E-state index contributed by atoms with van der Waals surface area (Å²) in [6.07, 6.45) is 12.2. The van der Waals surface area contributed by atoms with Gasteiger partial charge in [0, 0.05) is 0 Å². The van der Waals surface area contributed by atoms with Crippen molar-refractivity contribution in [3.05, 3.63) is 89.0 Å². The van der Waals surface area contributed by atoms with Crippen LogP contribution in [-0.2, 0) is 0 Å². The van der Waals surface area contributed by atoms with Gasteiger partial charge in [0.2, 0.25) is 0 Å². The minimum absolute atomic E-state index is 0.113. The molecule has 0 aliphatic heterocycles. The van der Waals surface area contributed by atoms with Gasteiger partial charge in [-0.2, -0.15) is 0 Å². The molecule has 0 saturated heterocycles. The van der Waals surface area contributed by atoms with E-state index in [1.54, 1.807) is 11.1 Å². The van der Waals surface area contributed by atoms with E-state index in [0.717, 1.165) is 30.6 Å². The Balaban J connectivity index is 1.37. The summed E-state index contributed by atoms with van der Waals surface area (Å²) in [7, 11) is 0. The molecule has 7 atom stereocenters. The molecule has 0 radical (unpaired) electrons. The molecule has 1 N–H and O–H groups in total. The smallest absolute Gasteiger partial charge is 0.0577 e. The number of hydrogen-bond donors (Lipinski definition) is 1. The van der Waals surface area contributed by atoms with Crippen LogP contribution in [0.5, 0.6) is 0 Å². The standard InChI is InChI=1S/C34H42O/c1-23(32(24-10-6-4-7-11-24)25-12-8-5-9-13-25)29-16-17-30-28-15-14-26-22-27(35)18-20-33(26,2)31(28)19-21-34(29,30)3/h4-14,27-31,35H,15-22H2,1-3H3/t27-,28+,29-,30+,31+,33-,34+/m0/s1. The molecule has 184 valence electrons. The molecule has 0 heterocycles. The Morgan fingerprint density at radius 1 is 0.800 bits per heavy atom. The van der Waals surface area contributed by atoms with Crippen molar-refractivity contribution in [2.75, 3.05) is 0 Å². The van der Waals surface area contributed by atoms with Crippen LogP contribution in [0.25, 0.3) is 5.57 Å². The molecule has 0 bridgehead atoms. The van der Waals surface area contributed by atoms with Crippen LogP contribution in [0, 0.1) is 34.5 Å². The second kappa shape index (κ2) is 8.77. The monoisotopic (exact) mass is 466 g/mol. The predicted molar refractivity (Wildman–Crippen MR) is 146 cm³/mol. The number of rotatable bonds is 3. The number of aliphatic hydroxyl groups is 1. The highest BCUT2D eigenvalue weighted by molar-refractivity contribution is 5.82. The van der Waals surface area contributed by atoms with E-state index in [-0.39, 0.29) is 6.10 Å². The molecule has 1 nitrogen and oxygen atoms in total. The van der Waals surface area contributed by atoms with E-state index >= 15 is 0 Å². The van der Waals surface area contributed by atoms with Crippen LogP contribution < -0.4 is 0 Å². The fourth-order valence-electron chi connectivity index (χ4n) is 9.36. The van der Waals surface area contributed by atoms with E-state index in [1.807, 2.05) is 0 Å². The third-order valence-electron chi connectivity index (χ3n) is 11.1. The first-order chi connectivity index (χ1) is 16.9. The zero-order valence-corrected chi connectivity index (χ0v) is 21.8. The summed E-state index contributed by atoms with van der Waals surface area (Å²) < 4.78 is 0. The summed E-state index contributed by atoms with van der Waals surface area (Å²) in [5.41, 5.74) is 8.07. The summed E-state index contributed by atoms with van der Waals surface area (Å²) in [5.74, 6) is 3.08. The van der Waals surface area contributed by atoms with Crippen LogP contribution in [0.1, 0.15) is 83.3 Å². The summed E-state index contributed by atoms with van der Waals surface area (Å²) in [6.45, 7) is 7.64. The molecule has 0 spiro atoms. The summed E-state index contributed by atoms with van der Waals surface area (Å²) in [6, 6.07) is 22.2. The van der Waals surface area contributed by atoms with Crippen molar-refractivity contribution >= 4 is 5.57 Å². The summed E-state index contributed by atoms with van der Waals surface area (Å²) >= 11 is 0. The lowest BCUT2D eigenvalue weighted by Gasteiger charge is -2.58. The Morgan fingerprint density at radius 2 is 1.46 bits per heavy atom. The van der Waals surface area contributed by atoms with Crippen molar-refractivity contribution in [3.8, 4) is 0 Å². The third kappa shape index (κ3) is 3.69. The Morgan fingerprint density at radius 3 is 2.11 bits per heavy atom. The predicted octanol–water partition coefficient (Wildman–Crippen LogP) is 8.45. The van der Waals surface area contributed by atoms with Crippen molar-refractivity contribution in [2.24, 2.45) is 34.5 Å². The lowest BCUT2D eigenvalue weighted by molar-refractivity contribution is -0.0453. The van der Waals surface area contributed by atoms with Crippen LogP contribution in [0.4, 0.5) is 0 Å². The Hall–Kier alpha value is -2.12. The molecule has 0 aromatic heterocycles. The van der Waals surface area contributed by atoms with Crippen molar-refractivity contribution in [3.63, 3.8) is 0 Å². The minimum Gasteiger partial charge on any atom is -0.393 e. The van der Waals surface area contributed by atoms with Gasteiger partial charge in [0.25, 0.3) is 0 Å².